The lowest BCUT2D eigenvalue weighted by molar-refractivity contribution is 0.102. The highest BCUT2D eigenvalue weighted by Crippen LogP contribution is 2.33. The Morgan fingerprint density at radius 2 is 1.74 bits per heavy atom. The second-order valence-corrected chi connectivity index (χ2v) is 8.88. The lowest BCUT2D eigenvalue weighted by Crippen LogP contribution is -2.12. The molecular weight excluding hydrogens is 376 g/mol. The van der Waals surface area contributed by atoms with Crippen LogP contribution in [0.25, 0.3) is 0 Å². The molecule has 7 heteroatoms. The van der Waals surface area contributed by atoms with Crippen LogP contribution in [0.4, 0.5) is 5.13 Å². The third-order valence-electron chi connectivity index (χ3n) is 3.65. The van der Waals surface area contributed by atoms with Gasteiger partial charge in [-0.2, -0.15) is 5.26 Å². The van der Waals surface area contributed by atoms with E-state index in [9.17, 15) is 10.1 Å². The molecule has 3 aromatic rings. The van der Waals surface area contributed by atoms with Crippen LogP contribution in [0.2, 0.25) is 0 Å². The van der Waals surface area contributed by atoms with Crippen LogP contribution in [0.1, 0.15) is 41.7 Å². The second-order valence-electron chi connectivity index (χ2n) is 6.82. The van der Waals surface area contributed by atoms with Crippen molar-refractivity contribution < 1.29 is 4.79 Å². The largest absolute Gasteiger partial charge is 0.296 e. The Morgan fingerprint density at radius 1 is 1.07 bits per heavy atom. The van der Waals surface area contributed by atoms with Crippen LogP contribution in [0, 0.1) is 11.3 Å². The van der Waals surface area contributed by atoms with Crippen LogP contribution in [0.5, 0.6) is 0 Å². The molecule has 1 heterocycles. The molecule has 0 fully saturated rings. The van der Waals surface area contributed by atoms with Gasteiger partial charge < -0.3 is 0 Å². The molecule has 0 atom stereocenters. The van der Waals surface area contributed by atoms with Gasteiger partial charge in [-0.15, -0.1) is 10.2 Å². The summed E-state index contributed by atoms with van der Waals surface area (Å²) >= 11 is 2.77. The van der Waals surface area contributed by atoms with Crippen LogP contribution < -0.4 is 5.32 Å². The summed E-state index contributed by atoms with van der Waals surface area (Å²) in [6.07, 6.45) is 0. The van der Waals surface area contributed by atoms with Gasteiger partial charge in [0.05, 0.1) is 11.1 Å². The fourth-order valence-corrected chi connectivity index (χ4v) is 4.07. The maximum atomic E-state index is 12.8. The van der Waals surface area contributed by atoms with E-state index < -0.39 is 0 Å². The average molecular weight is 395 g/mol. The number of nitrogens with one attached hydrogen (secondary N) is 1. The third-order valence-corrected chi connectivity index (χ3v) is 6.06. The van der Waals surface area contributed by atoms with Crippen molar-refractivity contribution in [3.05, 3.63) is 64.7 Å². The molecule has 0 saturated heterocycles. The van der Waals surface area contributed by atoms with Crippen molar-refractivity contribution in [1.29, 1.82) is 5.26 Å². The lowest BCUT2D eigenvalue weighted by atomic mass is 9.98. The summed E-state index contributed by atoms with van der Waals surface area (Å²) in [4.78, 5) is 14.4. The van der Waals surface area contributed by atoms with Gasteiger partial charge in [-0.05, 0) is 24.3 Å². The average Bonchev–Trinajstić information content (AvgIpc) is 3.11. The number of carbonyl (C=O) groups is 1. The fourth-order valence-electron chi connectivity index (χ4n) is 2.25. The monoisotopic (exact) mass is 394 g/mol. The summed E-state index contributed by atoms with van der Waals surface area (Å²) < 4.78 is 0. The number of amides is 1. The maximum absolute atomic E-state index is 12.8. The Balaban J connectivity index is 1.84. The van der Waals surface area contributed by atoms with Gasteiger partial charge in [0.15, 0.2) is 0 Å². The smallest absolute Gasteiger partial charge is 0.258 e. The minimum absolute atomic E-state index is 0.116. The van der Waals surface area contributed by atoms with E-state index >= 15 is 0 Å². The number of aromatic nitrogens is 2. The van der Waals surface area contributed by atoms with Gasteiger partial charge in [0.25, 0.3) is 5.91 Å². The van der Waals surface area contributed by atoms with E-state index in [-0.39, 0.29) is 11.3 Å². The van der Waals surface area contributed by atoms with Crippen molar-refractivity contribution in [1.82, 2.24) is 10.2 Å². The van der Waals surface area contributed by atoms with Gasteiger partial charge in [-0.1, -0.05) is 68.1 Å². The molecule has 27 heavy (non-hydrogen) atoms. The van der Waals surface area contributed by atoms with Gasteiger partial charge in [0.2, 0.25) is 5.13 Å². The zero-order chi connectivity index (χ0) is 19.4. The zero-order valence-electron chi connectivity index (χ0n) is 15.2. The molecule has 1 amide bonds. The van der Waals surface area contributed by atoms with Gasteiger partial charge in [0, 0.05) is 15.2 Å². The van der Waals surface area contributed by atoms with E-state index in [4.69, 9.17) is 0 Å². The van der Waals surface area contributed by atoms with Crippen LogP contribution in [-0.2, 0) is 5.41 Å². The standard InChI is InChI=1S/C20H18N4OS2/c1-20(2,3)18-23-24-19(27-18)22-17(25)14-9-5-7-11-16(14)26-15-10-6-4-8-13(15)12-21/h4-11H,1-3H3,(H,22,24,25). The second kappa shape index (κ2) is 7.91. The maximum Gasteiger partial charge on any atom is 0.258 e. The number of benzene rings is 2. The Bertz CT molecular complexity index is 1020. The molecule has 0 aliphatic carbocycles. The molecule has 0 bridgehead atoms. The van der Waals surface area contributed by atoms with Crippen LogP contribution in [0.3, 0.4) is 0 Å². The number of hydrogen-bond acceptors (Lipinski definition) is 6. The van der Waals surface area contributed by atoms with Crippen molar-refractivity contribution in [3.63, 3.8) is 0 Å². The van der Waals surface area contributed by atoms with E-state index in [0.717, 1.165) is 14.8 Å². The lowest BCUT2D eigenvalue weighted by Gasteiger charge is -2.12. The van der Waals surface area contributed by atoms with Crippen molar-refractivity contribution in [2.75, 3.05) is 5.32 Å². The minimum atomic E-state index is -0.246. The van der Waals surface area contributed by atoms with Gasteiger partial charge in [-0.3, -0.25) is 10.1 Å². The predicted octanol–water partition coefficient (Wildman–Crippen LogP) is 5.11. The molecule has 3 rings (SSSR count). The number of anilines is 1. The van der Waals surface area contributed by atoms with Crippen LogP contribution in [-0.4, -0.2) is 16.1 Å². The number of rotatable bonds is 4. The van der Waals surface area contributed by atoms with Crippen molar-refractivity contribution in [3.8, 4) is 6.07 Å². The topological polar surface area (TPSA) is 78.7 Å². The summed E-state index contributed by atoms with van der Waals surface area (Å²) in [6, 6.07) is 16.8. The normalized spacial score (nSPS) is 11.0. The molecule has 5 nitrogen and oxygen atoms in total. The first-order valence-corrected chi connectivity index (χ1v) is 9.93. The highest BCUT2D eigenvalue weighted by molar-refractivity contribution is 7.99. The Morgan fingerprint density at radius 3 is 2.41 bits per heavy atom. The van der Waals surface area contributed by atoms with Crippen molar-refractivity contribution in [2.45, 2.75) is 36.0 Å². The molecule has 1 N–H and O–H groups in total. The van der Waals surface area contributed by atoms with Gasteiger partial charge >= 0.3 is 0 Å². The highest BCUT2D eigenvalue weighted by Gasteiger charge is 2.21. The Labute approximate surface area is 166 Å². The molecule has 0 spiro atoms. The summed E-state index contributed by atoms with van der Waals surface area (Å²) in [7, 11) is 0. The zero-order valence-corrected chi connectivity index (χ0v) is 16.8. The van der Waals surface area contributed by atoms with E-state index in [0.29, 0.717) is 16.3 Å². The van der Waals surface area contributed by atoms with Gasteiger partial charge in [-0.25, -0.2) is 0 Å². The first-order chi connectivity index (χ1) is 12.9. The highest BCUT2D eigenvalue weighted by atomic mass is 32.2. The third kappa shape index (κ3) is 4.54. The summed E-state index contributed by atoms with van der Waals surface area (Å²) in [5, 5.41) is 21.7. The Kier molecular flexibility index (Phi) is 5.59. The van der Waals surface area contributed by atoms with E-state index in [2.05, 4.69) is 42.4 Å². The molecule has 0 aliphatic heterocycles. The molecule has 0 radical (unpaired) electrons. The number of nitrogens with zero attached hydrogens (tertiary/aromatic N) is 3. The molecule has 2 aromatic carbocycles. The molecule has 1 aromatic heterocycles. The number of carbonyl (C=O) groups excluding carboxylic acids is 1. The number of hydrogen-bond donors (Lipinski definition) is 1. The molecule has 0 unspecified atom stereocenters. The summed E-state index contributed by atoms with van der Waals surface area (Å²) in [5.41, 5.74) is 0.995. The van der Waals surface area contributed by atoms with Gasteiger partial charge in [0.1, 0.15) is 11.1 Å². The van der Waals surface area contributed by atoms with E-state index in [1.807, 2.05) is 36.4 Å². The van der Waals surface area contributed by atoms with Crippen molar-refractivity contribution in [2.24, 2.45) is 0 Å². The first-order valence-electron chi connectivity index (χ1n) is 8.30. The van der Waals surface area contributed by atoms with Crippen molar-refractivity contribution >= 4 is 34.1 Å². The summed E-state index contributed by atoms with van der Waals surface area (Å²) in [5.74, 6) is -0.246. The SMILES string of the molecule is CC(C)(C)c1nnc(NC(=O)c2ccccc2Sc2ccccc2C#N)s1. The quantitative estimate of drug-likeness (QED) is 0.665. The Hall–Kier alpha value is -2.69. The summed E-state index contributed by atoms with van der Waals surface area (Å²) in [6.45, 7) is 6.16. The number of nitriles is 1. The fraction of sp³-hybridized carbons (Fsp3) is 0.200. The predicted molar refractivity (Wildman–Crippen MR) is 108 cm³/mol. The first kappa shape index (κ1) is 19.1. The molecule has 0 aliphatic rings. The minimum Gasteiger partial charge on any atom is -0.296 e. The molecule has 0 saturated carbocycles. The van der Waals surface area contributed by atoms with Crippen LogP contribution >= 0.6 is 23.1 Å². The van der Waals surface area contributed by atoms with Crippen LogP contribution in [0.15, 0.2) is 58.3 Å². The molecular formula is C20H18N4OS2. The molecule has 136 valence electrons. The van der Waals surface area contributed by atoms with E-state index in [1.165, 1.54) is 23.1 Å². The van der Waals surface area contributed by atoms with E-state index in [1.54, 1.807) is 12.1 Å².